The molecular weight excluding hydrogens is 426 g/mol. The molecule has 1 aromatic carbocycles. The second-order valence-electron chi connectivity index (χ2n) is 7.20. The third-order valence-corrected chi connectivity index (χ3v) is 5.11. The number of carbonyl (C=O) groups excluding carboxylic acids is 2. The molecular formula is C20H22F2N6O4. The zero-order valence-electron chi connectivity index (χ0n) is 17.0. The molecule has 0 aliphatic carbocycles. The number of hydroxylamine groups is 2. The topological polar surface area (TPSA) is 113 Å². The fourth-order valence-corrected chi connectivity index (χ4v) is 3.52. The van der Waals surface area contributed by atoms with E-state index in [0.29, 0.717) is 5.69 Å². The van der Waals surface area contributed by atoms with E-state index >= 15 is 0 Å². The number of urea groups is 1. The predicted octanol–water partition coefficient (Wildman–Crippen LogP) is 1.93. The molecule has 3 heterocycles. The average molecular weight is 448 g/mol. The van der Waals surface area contributed by atoms with E-state index in [9.17, 15) is 18.4 Å². The van der Waals surface area contributed by atoms with Crippen LogP contribution in [0.25, 0.3) is 0 Å². The van der Waals surface area contributed by atoms with E-state index < -0.39 is 29.9 Å². The molecule has 2 aliphatic heterocycles. The summed E-state index contributed by atoms with van der Waals surface area (Å²) in [4.78, 5) is 36.3. The van der Waals surface area contributed by atoms with Gasteiger partial charge in [0.1, 0.15) is 11.8 Å². The minimum absolute atomic E-state index is 0.0427. The minimum atomic E-state index is -0.835. The first-order chi connectivity index (χ1) is 15.5. The molecule has 32 heavy (non-hydrogen) atoms. The van der Waals surface area contributed by atoms with Crippen LogP contribution in [0.1, 0.15) is 0 Å². The molecule has 10 nitrogen and oxygen atoms in total. The molecule has 2 aliphatic rings. The number of aromatic nitrogens is 1. The number of hydrogen-bond donors (Lipinski definition) is 2. The molecule has 0 unspecified atom stereocenters. The van der Waals surface area contributed by atoms with Crippen LogP contribution in [-0.4, -0.2) is 67.6 Å². The van der Waals surface area contributed by atoms with E-state index in [1.165, 1.54) is 17.3 Å². The summed E-state index contributed by atoms with van der Waals surface area (Å²) in [6, 6.07) is 4.91. The number of nitrogens with two attached hydrogens (primary N) is 1. The molecule has 3 N–H and O–H groups in total. The normalized spacial score (nSPS) is 19.0. The van der Waals surface area contributed by atoms with Crippen molar-refractivity contribution in [2.75, 3.05) is 54.4 Å². The van der Waals surface area contributed by atoms with E-state index in [2.05, 4.69) is 10.3 Å². The fourth-order valence-electron chi connectivity index (χ4n) is 3.52. The first-order valence-corrected chi connectivity index (χ1v) is 10.00. The zero-order chi connectivity index (χ0) is 22.7. The predicted molar refractivity (Wildman–Crippen MR) is 111 cm³/mol. The summed E-state index contributed by atoms with van der Waals surface area (Å²) in [5.41, 5.74) is 5.84. The molecule has 12 heteroatoms. The highest BCUT2D eigenvalue weighted by Gasteiger charge is 2.33. The summed E-state index contributed by atoms with van der Waals surface area (Å²) >= 11 is 0. The molecule has 1 aromatic heterocycles. The lowest BCUT2D eigenvalue weighted by molar-refractivity contribution is -0.100. The summed E-state index contributed by atoms with van der Waals surface area (Å²) in [7, 11) is 0. The Bertz CT molecular complexity index is 972. The van der Waals surface area contributed by atoms with E-state index in [1.807, 2.05) is 0 Å². The number of ether oxygens (including phenoxy) is 1. The van der Waals surface area contributed by atoms with Gasteiger partial charge in [0.15, 0.2) is 11.6 Å². The van der Waals surface area contributed by atoms with Crippen LogP contribution in [0.5, 0.6) is 0 Å². The van der Waals surface area contributed by atoms with Crippen LogP contribution >= 0.6 is 0 Å². The maximum absolute atomic E-state index is 14.9. The monoisotopic (exact) mass is 448 g/mol. The van der Waals surface area contributed by atoms with Gasteiger partial charge in [-0.3, -0.25) is 14.7 Å². The van der Waals surface area contributed by atoms with E-state index in [4.69, 9.17) is 15.3 Å². The maximum Gasteiger partial charge on any atom is 0.414 e. The molecule has 4 rings (SSSR count). The van der Waals surface area contributed by atoms with Crippen LogP contribution in [0, 0.1) is 11.6 Å². The molecule has 3 amide bonds. The summed E-state index contributed by atoms with van der Waals surface area (Å²) in [6.45, 7) is 0.650. The number of halogens is 2. The second kappa shape index (κ2) is 9.32. The Labute approximate surface area is 182 Å². The van der Waals surface area contributed by atoms with Gasteiger partial charge in [-0.15, -0.1) is 0 Å². The molecule has 0 spiro atoms. The summed E-state index contributed by atoms with van der Waals surface area (Å²) in [5.74, 6) is -1.67. The quantitative estimate of drug-likeness (QED) is 0.735. The van der Waals surface area contributed by atoms with Gasteiger partial charge in [0.05, 0.1) is 25.4 Å². The van der Waals surface area contributed by atoms with Gasteiger partial charge >= 0.3 is 12.1 Å². The Balaban J connectivity index is 1.45. The van der Waals surface area contributed by atoms with E-state index in [1.54, 1.807) is 12.1 Å². The van der Waals surface area contributed by atoms with Crippen molar-refractivity contribution in [1.29, 1.82) is 0 Å². The third-order valence-electron chi connectivity index (χ3n) is 5.11. The standard InChI is InChI=1S/C20H22F2N6O4/c21-16-9-14(27-12-15(11-23)32-20(27)30)10-17(22)18(16)26-5-6-28(31-8-7-26)19(29)25-13-1-3-24-4-2-13/h1-4,9-10,15H,5-8,11-12,23H2,(H,24,25,29)/t15-/m0/s1. The van der Waals surface area contributed by atoms with Gasteiger partial charge in [-0.25, -0.2) is 23.4 Å². The molecule has 1 atom stereocenters. The number of amides is 3. The van der Waals surface area contributed by atoms with Crippen LogP contribution in [0.3, 0.4) is 0 Å². The summed E-state index contributed by atoms with van der Waals surface area (Å²) in [6.07, 6.45) is 1.84. The Kier molecular flexibility index (Phi) is 6.32. The van der Waals surface area contributed by atoms with Crippen molar-refractivity contribution in [1.82, 2.24) is 10.0 Å². The Hall–Kier alpha value is -3.51. The van der Waals surface area contributed by atoms with Gasteiger partial charge < -0.3 is 20.7 Å². The highest BCUT2D eigenvalue weighted by atomic mass is 19.1. The average Bonchev–Trinajstić information content (AvgIpc) is 2.99. The second-order valence-corrected chi connectivity index (χ2v) is 7.20. The SMILES string of the molecule is NC[C@H]1CN(c2cc(F)c(N3CCON(C(=O)Nc4ccncc4)CC3)c(F)c2)C(=O)O1. The fraction of sp³-hybridized carbons (Fsp3) is 0.350. The zero-order valence-corrected chi connectivity index (χ0v) is 17.0. The van der Waals surface area contributed by atoms with Crippen LogP contribution in [0.4, 0.5) is 35.4 Å². The van der Waals surface area contributed by atoms with Crippen molar-refractivity contribution >= 4 is 29.2 Å². The highest BCUT2D eigenvalue weighted by molar-refractivity contribution is 5.90. The van der Waals surface area contributed by atoms with Crippen LogP contribution in [0.15, 0.2) is 36.7 Å². The Morgan fingerprint density at radius 3 is 2.56 bits per heavy atom. The number of cyclic esters (lactones) is 1. The van der Waals surface area contributed by atoms with Crippen LogP contribution < -0.4 is 20.9 Å². The van der Waals surface area contributed by atoms with Crippen molar-refractivity contribution < 1.29 is 27.9 Å². The van der Waals surface area contributed by atoms with Crippen molar-refractivity contribution in [2.45, 2.75) is 6.10 Å². The lowest BCUT2D eigenvalue weighted by Gasteiger charge is -2.24. The smallest absolute Gasteiger partial charge is 0.414 e. The van der Waals surface area contributed by atoms with Crippen molar-refractivity contribution in [2.24, 2.45) is 5.73 Å². The molecule has 2 saturated heterocycles. The molecule has 170 valence electrons. The Morgan fingerprint density at radius 2 is 1.91 bits per heavy atom. The summed E-state index contributed by atoms with van der Waals surface area (Å²) in [5, 5.41) is 3.77. The number of rotatable bonds is 4. The summed E-state index contributed by atoms with van der Waals surface area (Å²) < 4.78 is 34.9. The van der Waals surface area contributed by atoms with Gasteiger partial charge in [0.25, 0.3) is 0 Å². The van der Waals surface area contributed by atoms with Gasteiger partial charge in [-0.05, 0) is 12.1 Å². The lowest BCUT2D eigenvalue weighted by atomic mass is 10.2. The van der Waals surface area contributed by atoms with Gasteiger partial charge in [-0.2, -0.15) is 0 Å². The van der Waals surface area contributed by atoms with Crippen LogP contribution in [-0.2, 0) is 9.57 Å². The van der Waals surface area contributed by atoms with Crippen molar-refractivity contribution in [3.05, 3.63) is 48.3 Å². The highest BCUT2D eigenvalue weighted by Crippen LogP contribution is 2.31. The number of carbonyl (C=O) groups is 2. The number of nitrogens with one attached hydrogen (secondary N) is 1. The van der Waals surface area contributed by atoms with E-state index in [0.717, 1.165) is 22.1 Å². The largest absolute Gasteiger partial charge is 0.443 e. The lowest BCUT2D eigenvalue weighted by Crippen LogP contribution is -2.37. The Morgan fingerprint density at radius 1 is 1.19 bits per heavy atom. The maximum atomic E-state index is 14.9. The van der Waals surface area contributed by atoms with Crippen LogP contribution in [0.2, 0.25) is 0 Å². The molecule has 0 saturated carbocycles. The molecule has 2 fully saturated rings. The van der Waals surface area contributed by atoms with Crippen molar-refractivity contribution in [3.63, 3.8) is 0 Å². The molecule has 2 aromatic rings. The first-order valence-electron chi connectivity index (χ1n) is 10.00. The number of benzene rings is 1. The van der Waals surface area contributed by atoms with Gasteiger partial charge in [0, 0.05) is 49.8 Å². The number of hydrogen-bond acceptors (Lipinski definition) is 7. The molecule has 0 radical (unpaired) electrons. The van der Waals surface area contributed by atoms with E-state index in [-0.39, 0.29) is 50.7 Å². The minimum Gasteiger partial charge on any atom is -0.443 e. The van der Waals surface area contributed by atoms with Crippen molar-refractivity contribution in [3.8, 4) is 0 Å². The number of nitrogens with zero attached hydrogens (tertiary/aromatic N) is 4. The third kappa shape index (κ3) is 4.55. The molecule has 0 bridgehead atoms. The first kappa shape index (κ1) is 21.7. The number of pyridine rings is 1. The number of anilines is 3. The van der Waals surface area contributed by atoms with Gasteiger partial charge in [0.2, 0.25) is 0 Å². The van der Waals surface area contributed by atoms with Gasteiger partial charge in [-0.1, -0.05) is 0 Å².